The van der Waals surface area contributed by atoms with Crippen LogP contribution in [0.2, 0.25) is 0 Å². The number of hydrogen-bond donors (Lipinski definition) is 1. The van der Waals surface area contributed by atoms with E-state index < -0.39 is 0 Å². The van der Waals surface area contributed by atoms with E-state index in [0.29, 0.717) is 6.54 Å². The average Bonchev–Trinajstić information content (AvgIpc) is 2.32. The van der Waals surface area contributed by atoms with Crippen molar-refractivity contribution in [2.24, 2.45) is 0 Å². The maximum absolute atomic E-state index is 4.25. The first-order chi connectivity index (χ1) is 7.75. The predicted molar refractivity (Wildman–Crippen MR) is 66.0 cm³/mol. The topological polar surface area (TPSA) is 50.7 Å². The number of aryl methyl sites for hydroxylation is 1. The van der Waals surface area contributed by atoms with E-state index in [1.165, 1.54) is 0 Å². The number of aromatic nitrogens is 3. The Morgan fingerprint density at radius 3 is 3.00 bits per heavy atom. The van der Waals surface area contributed by atoms with Crippen LogP contribution in [-0.2, 0) is 6.54 Å². The highest BCUT2D eigenvalue weighted by atomic mass is 79.9. The zero-order valence-electron chi connectivity index (χ0n) is 8.81. The standard InChI is InChI=1S/C11H11BrN4/c1-8-5-11(14-7-10(8)12)13-6-9-3-2-4-15-16-9/h2-5,7H,6H2,1H3,(H,13,14). The molecule has 2 aromatic rings. The lowest BCUT2D eigenvalue weighted by molar-refractivity contribution is 0.920. The second-order valence-corrected chi connectivity index (χ2v) is 4.24. The van der Waals surface area contributed by atoms with Crippen LogP contribution >= 0.6 is 15.9 Å². The van der Waals surface area contributed by atoms with Gasteiger partial charge in [0.05, 0.1) is 12.2 Å². The summed E-state index contributed by atoms with van der Waals surface area (Å²) < 4.78 is 1.01. The Balaban J connectivity index is 2.03. The molecule has 0 saturated carbocycles. The lowest BCUT2D eigenvalue weighted by Gasteiger charge is -2.05. The van der Waals surface area contributed by atoms with Crippen LogP contribution in [0.3, 0.4) is 0 Å². The van der Waals surface area contributed by atoms with Gasteiger partial charge in [-0.3, -0.25) is 0 Å². The van der Waals surface area contributed by atoms with Crippen molar-refractivity contribution >= 4 is 21.7 Å². The van der Waals surface area contributed by atoms with Gasteiger partial charge in [0.15, 0.2) is 0 Å². The van der Waals surface area contributed by atoms with Gasteiger partial charge in [0, 0.05) is 16.9 Å². The molecule has 0 aliphatic heterocycles. The lowest BCUT2D eigenvalue weighted by Crippen LogP contribution is -2.03. The zero-order valence-corrected chi connectivity index (χ0v) is 10.4. The van der Waals surface area contributed by atoms with E-state index in [4.69, 9.17) is 0 Å². The van der Waals surface area contributed by atoms with Gasteiger partial charge in [-0.2, -0.15) is 10.2 Å². The van der Waals surface area contributed by atoms with E-state index in [9.17, 15) is 0 Å². The maximum atomic E-state index is 4.25. The van der Waals surface area contributed by atoms with Crippen LogP contribution in [0.15, 0.2) is 35.1 Å². The molecule has 1 N–H and O–H groups in total. The van der Waals surface area contributed by atoms with Crippen molar-refractivity contribution in [3.8, 4) is 0 Å². The van der Waals surface area contributed by atoms with Crippen molar-refractivity contribution in [2.75, 3.05) is 5.32 Å². The highest BCUT2D eigenvalue weighted by Crippen LogP contribution is 2.17. The molecule has 2 heterocycles. The maximum Gasteiger partial charge on any atom is 0.126 e. The molecular formula is C11H11BrN4. The Hall–Kier alpha value is -1.49. The zero-order chi connectivity index (χ0) is 11.4. The van der Waals surface area contributed by atoms with Crippen molar-refractivity contribution in [2.45, 2.75) is 13.5 Å². The highest BCUT2D eigenvalue weighted by Gasteiger charge is 1.99. The first kappa shape index (κ1) is 11.0. The summed E-state index contributed by atoms with van der Waals surface area (Å²) in [5, 5.41) is 11.0. The monoisotopic (exact) mass is 278 g/mol. The highest BCUT2D eigenvalue weighted by molar-refractivity contribution is 9.10. The summed E-state index contributed by atoms with van der Waals surface area (Å²) in [4.78, 5) is 4.25. The minimum atomic E-state index is 0.627. The Morgan fingerprint density at radius 2 is 2.31 bits per heavy atom. The molecule has 4 nitrogen and oxygen atoms in total. The fourth-order valence-corrected chi connectivity index (χ4v) is 1.46. The van der Waals surface area contributed by atoms with E-state index >= 15 is 0 Å². The van der Waals surface area contributed by atoms with Crippen LogP contribution in [0.25, 0.3) is 0 Å². The second-order valence-electron chi connectivity index (χ2n) is 3.39. The van der Waals surface area contributed by atoms with Gasteiger partial charge in [-0.1, -0.05) is 0 Å². The van der Waals surface area contributed by atoms with Crippen LogP contribution in [0.5, 0.6) is 0 Å². The van der Waals surface area contributed by atoms with Gasteiger partial charge in [0.25, 0.3) is 0 Å². The Morgan fingerprint density at radius 1 is 1.44 bits per heavy atom. The molecular weight excluding hydrogens is 268 g/mol. The minimum Gasteiger partial charge on any atom is -0.364 e. The normalized spacial score (nSPS) is 10.1. The molecule has 0 amide bonds. The van der Waals surface area contributed by atoms with Gasteiger partial charge in [-0.15, -0.1) is 0 Å². The SMILES string of the molecule is Cc1cc(NCc2cccnn2)ncc1Br. The Labute approximate surface area is 102 Å². The van der Waals surface area contributed by atoms with Crippen LogP contribution in [0, 0.1) is 6.92 Å². The van der Waals surface area contributed by atoms with E-state index in [1.54, 1.807) is 12.4 Å². The number of nitrogens with one attached hydrogen (secondary N) is 1. The molecule has 0 spiro atoms. The number of nitrogens with zero attached hydrogens (tertiary/aromatic N) is 3. The summed E-state index contributed by atoms with van der Waals surface area (Å²) in [6.45, 7) is 2.65. The van der Waals surface area contributed by atoms with Gasteiger partial charge in [0.1, 0.15) is 5.82 Å². The van der Waals surface area contributed by atoms with Crippen LogP contribution in [0.4, 0.5) is 5.82 Å². The van der Waals surface area contributed by atoms with Crippen LogP contribution < -0.4 is 5.32 Å². The van der Waals surface area contributed by atoms with Crippen molar-refractivity contribution in [1.82, 2.24) is 15.2 Å². The molecule has 0 atom stereocenters. The molecule has 0 aliphatic rings. The third kappa shape index (κ3) is 2.76. The van der Waals surface area contributed by atoms with E-state index in [0.717, 1.165) is 21.5 Å². The fraction of sp³-hybridized carbons (Fsp3) is 0.182. The summed E-state index contributed by atoms with van der Waals surface area (Å²) >= 11 is 3.41. The Kier molecular flexibility index (Phi) is 3.46. The summed E-state index contributed by atoms with van der Waals surface area (Å²) in [6.07, 6.45) is 3.44. The summed E-state index contributed by atoms with van der Waals surface area (Å²) in [6, 6.07) is 5.77. The van der Waals surface area contributed by atoms with Crippen molar-refractivity contribution in [1.29, 1.82) is 0 Å². The van der Waals surface area contributed by atoms with E-state index in [2.05, 4.69) is 36.4 Å². The van der Waals surface area contributed by atoms with Gasteiger partial charge >= 0.3 is 0 Å². The number of hydrogen-bond acceptors (Lipinski definition) is 4. The minimum absolute atomic E-state index is 0.627. The Bertz CT molecular complexity index is 473. The van der Waals surface area contributed by atoms with Gasteiger partial charge < -0.3 is 5.32 Å². The smallest absolute Gasteiger partial charge is 0.126 e. The first-order valence-electron chi connectivity index (χ1n) is 4.88. The molecule has 16 heavy (non-hydrogen) atoms. The molecule has 0 radical (unpaired) electrons. The summed E-state index contributed by atoms with van der Waals surface area (Å²) in [7, 11) is 0. The molecule has 2 rings (SSSR count). The second kappa shape index (κ2) is 5.03. The lowest BCUT2D eigenvalue weighted by atomic mass is 10.3. The van der Waals surface area contributed by atoms with E-state index in [-0.39, 0.29) is 0 Å². The number of pyridine rings is 1. The average molecular weight is 279 g/mol. The first-order valence-corrected chi connectivity index (χ1v) is 5.67. The molecule has 0 aliphatic carbocycles. The molecule has 0 bridgehead atoms. The molecule has 5 heteroatoms. The van der Waals surface area contributed by atoms with Crippen LogP contribution in [0.1, 0.15) is 11.3 Å². The summed E-state index contributed by atoms with van der Waals surface area (Å²) in [5.41, 5.74) is 2.04. The molecule has 0 saturated heterocycles. The largest absolute Gasteiger partial charge is 0.364 e. The van der Waals surface area contributed by atoms with Crippen LogP contribution in [-0.4, -0.2) is 15.2 Å². The quantitative estimate of drug-likeness (QED) is 0.938. The molecule has 0 aromatic carbocycles. The third-order valence-corrected chi connectivity index (χ3v) is 2.96. The number of rotatable bonds is 3. The van der Waals surface area contributed by atoms with Crippen molar-refractivity contribution < 1.29 is 0 Å². The molecule has 2 aromatic heterocycles. The van der Waals surface area contributed by atoms with Gasteiger partial charge in [0.2, 0.25) is 0 Å². The molecule has 0 unspecified atom stereocenters. The fourth-order valence-electron chi connectivity index (χ4n) is 1.24. The van der Waals surface area contributed by atoms with Gasteiger partial charge in [-0.05, 0) is 46.6 Å². The van der Waals surface area contributed by atoms with Gasteiger partial charge in [-0.25, -0.2) is 4.98 Å². The molecule has 82 valence electrons. The molecule has 0 fully saturated rings. The number of anilines is 1. The predicted octanol–water partition coefficient (Wildman–Crippen LogP) is 2.55. The van der Waals surface area contributed by atoms with Crippen molar-refractivity contribution in [3.63, 3.8) is 0 Å². The third-order valence-electron chi connectivity index (χ3n) is 2.13. The number of halogens is 1. The van der Waals surface area contributed by atoms with Crippen molar-refractivity contribution in [3.05, 3.63) is 46.3 Å². The van der Waals surface area contributed by atoms with E-state index in [1.807, 2.05) is 25.1 Å². The summed E-state index contributed by atoms with van der Waals surface area (Å²) in [5.74, 6) is 0.839.